The van der Waals surface area contributed by atoms with Crippen LogP contribution in [0.1, 0.15) is 57.4 Å². The van der Waals surface area contributed by atoms with Crippen molar-refractivity contribution in [2.75, 3.05) is 18.5 Å². The molecule has 1 aromatic heterocycles. The number of anilines is 1. The van der Waals surface area contributed by atoms with E-state index in [0.717, 1.165) is 16.1 Å². The lowest BCUT2D eigenvalue weighted by atomic mass is 9.88. The van der Waals surface area contributed by atoms with Crippen LogP contribution in [0.2, 0.25) is 0 Å². The molecule has 2 rings (SSSR count). The van der Waals surface area contributed by atoms with Gasteiger partial charge in [0.2, 0.25) is 5.91 Å². The van der Waals surface area contributed by atoms with Crippen LogP contribution in [0.4, 0.5) is 10.5 Å². The Kier molecular flexibility index (Phi) is 7.68. The number of nitrogens with one attached hydrogen (secondary N) is 1. The van der Waals surface area contributed by atoms with Crippen molar-refractivity contribution in [3.05, 3.63) is 15.8 Å². The van der Waals surface area contributed by atoms with E-state index in [1.807, 2.05) is 19.2 Å². The molecule has 0 saturated carbocycles. The monoisotopic (exact) mass is 424 g/mol. The number of esters is 1. The summed E-state index contributed by atoms with van der Waals surface area (Å²) >= 11 is 1.57. The van der Waals surface area contributed by atoms with Crippen LogP contribution in [0.25, 0.3) is 0 Å². The molecular weight excluding hydrogens is 392 g/mol. The van der Waals surface area contributed by atoms with E-state index in [1.165, 1.54) is 4.90 Å². The number of hydrogen-bond donors (Lipinski definition) is 1. The van der Waals surface area contributed by atoms with Crippen LogP contribution < -0.4 is 5.32 Å². The van der Waals surface area contributed by atoms with E-state index >= 15 is 0 Å². The molecule has 2 heterocycles. The molecule has 7 nitrogen and oxygen atoms in total. The minimum absolute atomic E-state index is 0.0202. The van der Waals surface area contributed by atoms with Gasteiger partial charge in [0.15, 0.2) is 0 Å². The molecule has 1 unspecified atom stereocenters. The number of aryl methyl sites for hydroxylation is 2. The number of amides is 2. The molecule has 1 aliphatic heterocycles. The van der Waals surface area contributed by atoms with Crippen molar-refractivity contribution >= 4 is 35.0 Å². The summed E-state index contributed by atoms with van der Waals surface area (Å²) in [6.07, 6.45) is 0.756. The molecule has 1 aliphatic rings. The normalized spacial score (nSPS) is 19.6. The van der Waals surface area contributed by atoms with E-state index in [-0.39, 0.29) is 24.2 Å². The number of ether oxygens (including phenoxy) is 2. The second-order valence-corrected chi connectivity index (χ2v) is 9.51. The van der Waals surface area contributed by atoms with Gasteiger partial charge in [0.05, 0.1) is 12.3 Å². The Morgan fingerprint density at radius 3 is 2.52 bits per heavy atom. The third-order valence-corrected chi connectivity index (χ3v) is 5.84. The Hall–Kier alpha value is -2.09. The van der Waals surface area contributed by atoms with Gasteiger partial charge in [-0.25, -0.2) is 4.79 Å². The van der Waals surface area contributed by atoms with E-state index in [0.29, 0.717) is 26.0 Å². The molecule has 1 N–H and O–H groups in total. The van der Waals surface area contributed by atoms with Crippen LogP contribution in [0.15, 0.2) is 5.38 Å². The zero-order valence-electron chi connectivity index (χ0n) is 18.2. The highest BCUT2D eigenvalue weighted by molar-refractivity contribution is 7.10. The number of carbonyl (C=O) groups excluding carboxylic acids is 3. The lowest BCUT2D eigenvalue weighted by Crippen LogP contribution is -2.53. The summed E-state index contributed by atoms with van der Waals surface area (Å²) in [6.45, 7) is 11.7. The Bertz CT molecular complexity index is 733. The Labute approximate surface area is 176 Å². The summed E-state index contributed by atoms with van der Waals surface area (Å²) in [5, 5.41) is 4.97. The number of rotatable bonds is 5. The Balaban J connectivity index is 2.18. The molecule has 0 radical (unpaired) electrons. The summed E-state index contributed by atoms with van der Waals surface area (Å²) in [5.41, 5.74) is 1.13. The predicted octanol–water partition coefficient (Wildman–Crippen LogP) is 4.27. The van der Waals surface area contributed by atoms with Crippen LogP contribution in [0, 0.1) is 19.8 Å². The average Bonchev–Trinajstić information content (AvgIpc) is 2.92. The fourth-order valence-electron chi connectivity index (χ4n) is 3.43. The molecule has 2 atom stereocenters. The van der Waals surface area contributed by atoms with Gasteiger partial charge in [-0.1, -0.05) is 0 Å². The lowest BCUT2D eigenvalue weighted by molar-refractivity contribution is -0.145. The van der Waals surface area contributed by atoms with Gasteiger partial charge in [-0.3, -0.25) is 14.5 Å². The second-order valence-electron chi connectivity index (χ2n) is 8.43. The van der Waals surface area contributed by atoms with Crippen molar-refractivity contribution < 1.29 is 23.9 Å². The molecule has 1 aromatic rings. The molecule has 29 heavy (non-hydrogen) atoms. The maximum absolute atomic E-state index is 13.1. The smallest absolute Gasteiger partial charge is 0.410 e. The highest BCUT2D eigenvalue weighted by Crippen LogP contribution is 2.31. The summed E-state index contributed by atoms with van der Waals surface area (Å²) in [4.78, 5) is 40.3. The number of thiophene rings is 1. The molecule has 162 valence electrons. The highest BCUT2D eigenvalue weighted by atomic mass is 32.1. The molecule has 2 amide bonds. The van der Waals surface area contributed by atoms with E-state index in [9.17, 15) is 14.4 Å². The number of nitrogens with zero attached hydrogens (tertiary/aromatic N) is 1. The highest BCUT2D eigenvalue weighted by Gasteiger charge is 2.39. The first-order valence-corrected chi connectivity index (χ1v) is 10.9. The molecular formula is C21H32N2O5S. The molecule has 1 fully saturated rings. The molecule has 0 spiro atoms. The van der Waals surface area contributed by atoms with Crippen molar-refractivity contribution in [1.29, 1.82) is 0 Å². The van der Waals surface area contributed by atoms with Crippen LogP contribution in [-0.2, 0) is 19.1 Å². The van der Waals surface area contributed by atoms with E-state index in [4.69, 9.17) is 9.47 Å². The van der Waals surface area contributed by atoms with Crippen LogP contribution in [0.3, 0.4) is 0 Å². The van der Waals surface area contributed by atoms with Crippen molar-refractivity contribution in [2.24, 2.45) is 5.92 Å². The number of carbonyl (C=O) groups is 3. The van der Waals surface area contributed by atoms with Crippen LogP contribution >= 0.6 is 11.3 Å². The Morgan fingerprint density at radius 1 is 1.28 bits per heavy atom. The van der Waals surface area contributed by atoms with Gasteiger partial charge >= 0.3 is 12.1 Å². The summed E-state index contributed by atoms with van der Waals surface area (Å²) < 4.78 is 10.6. The Morgan fingerprint density at radius 2 is 1.97 bits per heavy atom. The SMILES string of the molecule is CCOC(=O)CC1CCN(C(=O)OC(C)(C)C)[C@H](C(=O)Nc2c(C)csc2C)C1. The summed E-state index contributed by atoms with van der Waals surface area (Å²) in [6, 6.07) is -0.697. The predicted molar refractivity (Wildman–Crippen MR) is 113 cm³/mol. The third-order valence-electron chi connectivity index (χ3n) is 4.81. The number of likely N-dealkylation sites (tertiary alicyclic amines) is 1. The standard InChI is InChI=1S/C21H32N2O5S/c1-7-27-17(24)11-15-8-9-23(20(26)28-21(4,5)6)16(10-15)19(25)22-18-13(2)12-29-14(18)3/h12,15-16H,7-11H2,1-6H3,(H,22,25)/t15?,16-/m0/s1. The van der Waals surface area contributed by atoms with Gasteiger partial charge in [-0.15, -0.1) is 11.3 Å². The summed E-state index contributed by atoms with van der Waals surface area (Å²) in [7, 11) is 0. The first-order valence-electron chi connectivity index (χ1n) is 10.0. The zero-order chi connectivity index (χ0) is 21.8. The molecule has 0 aromatic carbocycles. The largest absolute Gasteiger partial charge is 0.466 e. The number of hydrogen-bond acceptors (Lipinski definition) is 6. The third kappa shape index (κ3) is 6.45. The van der Waals surface area contributed by atoms with Crippen LogP contribution in [-0.4, -0.2) is 47.7 Å². The van der Waals surface area contributed by atoms with Crippen molar-refractivity contribution in [3.8, 4) is 0 Å². The van der Waals surface area contributed by atoms with Crippen LogP contribution in [0.5, 0.6) is 0 Å². The van der Waals surface area contributed by atoms with Gasteiger partial charge in [0.1, 0.15) is 11.6 Å². The van der Waals surface area contributed by atoms with E-state index in [2.05, 4.69) is 5.32 Å². The van der Waals surface area contributed by atoms with Gasteiger partial charge in [0, 0.05) is 17.8 Å². The van der Waals surface area contributed by atoms with Gasteiger partial charge in [0.25, 0.3) is 0 Å². The summed E-state index contributed by atoms with van der Waals surface area (Å²) in [5.74, 6) is -0.547. The molecule has 0 aliphatic carbocycles. The first kappa shape index (κ1) is 23.2. The zero-order valence-corrected chi connectivity index (χ0v) is 19.0. The maximum Gasteiger partial charge on any atom is 0.410 e. The second kappa shape index (κ2) is 9.61. The van der Waals surface area contributed by atoms with Gasteiger partial charge < -0.3 is 14.8 Å². The molecule has 8 heteroatoms. The van der Waals surface area contributed by atoms with Gasteiger partial charge in [-0.05, 0) is 71.2 Å². The van der Waals surface area contributed by atoms with Gasteiger partial charge in [-0.2, -0.15) is 0 Å². The maximum atomic E-state index is 13.1. The van der Waals surface area contributed by atoms with Crippen molar-refractivity contribution in [1.82, 2.24) is 4.90 Å². The van der Waals surface area contributed by atoms with Crippen molar-refractivity contribution in [2.45, 2.75) is 72.4 Å². The number of piperidine rings is 1. The fourth-order valence-corrected chi connectivity index (χ4v) is 4.23. The first-order chi connectivity index (χ1) is 13.5. The molecule has 1 saturated heterocycles. The molecule has 0 bridgehead atoms. The fraction of sp³-hybridized carbons (Fsp3) is 0.667. The minimum atomic E-state index is -0.697. The van der Waals surface area contributed by atoms with Crippen molar-refractivity contribution in [3.63, 3.8) is 0 Å². The van der Waals surface area contributed by atoms with E-state index in [1.54, 1.807) is 39.0 Å². The lowest BCUT2D eigenvalue weighted by Gasteiger charge is -2.38. The average molecular weight is 425 g/mol. The van der Waals surface area contributed by atoms with E-state index < -0.39 is 17.7 Å². The minimum Gasteiger partial charge on any atom is -0.466 e. The quantitative estimate of drug-likeness (QED) is 0.714. The topological polar surface area (TPSA) is 84.9 Å².